The molecule has 0 saturated carbocycles. The van der Waals surface area contributed by atoms with E-state index in [1.807, 2.05) is 0 Å². The quantitative estimate of drug-likeness (QED) is 0.762. The van der Waals surface area contributed by atoms with Crippen molar-refractivity contribution in [2.75, 3.05) is 0 Å². The Hall–Kier alpha value is -1.49. The molecule has 2 aromatic heterocycles. The Balaban J connectivity index is 1.38. The highest BCUT2D eigenvalue weighted by molar-refractivity contribution is 7.20. The van der Waals surface area contributed by atoms with Gasteiger partial charge in [-0.25, -0.2) is 4.98 Å². The molecule has 1 unspecified atom stereocenters. The van der Waals surface area contributed by atoms with Crippen molar-refractivity contribution in [3.8, 4) is 9.88 Å². The summed E-state index contributed by atoms with van der Waals surface area (Å²) in [5.41, 5.74) is 4.19. The number of aryl methyl sites for hydroxylation is 1. The molecular formula is C18H18N2S2. The molecule has 0 spiro atoms. The molecule has 4 rings (SSSR count). The molecule has 22 heavy (non-hydrogen) atoms. The molecular weight excluding hydrogens is 308 g/mol. The fraction of sp³-hybridized carbons (Fsp3) is 0.278. The summed E-state index contributed by atoms with van der Waals surface area (Å²) < 4.78 is 0. The SMILES string of the molecule is c1csc(-c2nc(CNC3CCc4ccccc4C3)cs2)c1. The first-order chi connectivity index (χ1) is 10.9. The van der Waals surface area contributed by atoms with Crippen molar-refractivity contribution in [3.63, 3.8) is 0 Å². The third-order valence-electron chi connectivity index (χ3n) is 4.20. The van der Waals surface area contributed by atoms with Gasteiger partial charge < -0.3 is 5.32 Å². The molecule has 1 atom stereocenters. The van der Waals surface area contributed by atoms with Gasteiger partial charge in [0, 0.05) is 18.0 Å². The Morgan fingerprint density at radius 2 is 2.00 bits per heavy atom. The Bertz CT molecular complexity index is 746. The number of rotatable bonds is 4. The third-order valence-corrected chi connectivity index (χ3v) is 6.13. The van der Waals surface area contributed by atoms with Crippen molar-refractivity contribution in [3.05, 3.63) is 64.0 Å². The van der Waals surface area contributed by atoms with Gasteiger partial charge in [-0.2, -0.15) is 0 Å². The van der Waals surface area contributed by atoms with Gasteiger partial charge in [-0.05, 0) is 41.8 Å². The fourth-order valence-electron chi connectivity index (χ4n) is 3.02. The van der Waals surface area contributed by atoms with Crippen LogP contribution in [0.15, 0.2) is 47.2 Å². The van der Waals surface area contributed by atoms with Crippen molar-refractivity contribution in [1.82, 2.24) is 10.3 Å². The summed E-state index contributed by atoms with van der Waals surface area (Å²) in [6, 6.07) is 13.6. The van der Waals surface area contributed by atoms with Crippen LogP contribution in [0.5, 0.6) is 0 Å². The Morgan fingerprint density at radius 1 is 1.09 bits per heavy atom. The largest absolute Gasteiger partial charge is 0.308 e. The lowest BCUT2D eigenvalue weighted by Gasteiger charge is -2.25. The average molecular weight is 326 g/mol. The molecule has 1 N–H and O–H groups in total. The predicted octanol–water partition coefficient (Wildman–Crippen LogP) is 4.52. The summed E-state index contributed by atoms with van der Waals surface area (Å²) >= 11 is 3.50. The average Bonchev–Trinajstić information content (AvgIpc) is 3.24. The van der Waals surface area contributed by atoms with Crippen LogP contribution in [0.25, 0.3) is 9.88 Å². The molecule has 2 heterocycles. The number of nitrogens with zero attached hydrogens (tertiary/aromatic N) is 1. The van der Waals surface area contributed by atoms with E-state index in [-0.39, 0.29) is 0 Å². The monoisotopic (exact) mass is 326 g/mol. The zero-order chi connectivity index (χ0) is 14.8. The van der Waals surface area contributed by atoms with E-state index in [4.69, 9.17) is 4.98 Å². The smallest absolute Gasteiger partial charge is 0.133 e. The molecule has 0 bridgehead atoms. The van der Waals surface area contributed by atoms with E-state index in [2.05, 4.69) is 52.5 Å². The number of benzene rings is 1. The minimum absolute atomic E-state index is 0.571. The van der Waals surface area contributed by atoms with E-state index >= 15 is 0 Å². The Morgan fingerprint density at radius 3 is 2.86 bits per heavy atom. The van der Waals surface area contributed by atoms with Crippen LogP contribution >= 0.6 is 22.7 Å². The maximum Gasteiger partial charge on any atom is 0.133 e. The molecule has 1 aliphatic carbocycles. The van der Waals surface area contributed by atoms with E-state index in [9.17, 15) is 0 Å². The maximum atomic E-state index is 4.75. The minimum atomic E-state index is 0.571. The number of nitrogens with one attached hydrogen (secondary N) is 1. The predicted molar refractivity (Wildman–Crippen MR) is 94.5 cm³/mol. The zero-order valence-corrected chi connectivity index (χ0v) is 13.9. The van der Waals surface area contributed by atoms with Crippen LogP contribution in [-0.4, -0.2) is 11.0 Å². The van der Waals surface area contributed by atoms with Gasteiger partial charge in [0.15, 0.2) is 0 Å². The van der Waals surface area contributed by atoms with E-state index in [1.54, 1.807) is 22.7 Å². The second kappa shape index (κ2) is 6.32. The van der Waals surface area contributed by atoms with Gasteiger partial charge in [0.2, 0.25) is 0 Å². The standard InChI is InChI=1S/C18H18N2S2/c1-2-5-14-10-15(8-7-13(14)4-1)19-11-16-12-22-18(20-16)17-6-3-9-21-17/h1-6,9,12,15,19H,7-8,10-11H2. The van der Waals surface area contributed by atoms with Crippen LogP contribution in [0.1, 0.15) is 23.2 Å². The highest BCUT2D eigenvalue weighted by atomic mass is 32.1. The summed E-state index contributed by atoms with van der Waals surface area (Å²) in [6.45, 7) is 0.870. The van der Waals surface area contributed by atoms with Crippen molar-refractivity contribution in [2.24, 2.45) is 0 Å². The van der Waals surface area contributed by atoms with E-state index in [0.29, 0.717) is 6.04 Å². The Labute approximate surface area is 138 Å². The fourth-order valence-corrected chi connectivity index (χ4v) is 4.66. The van der Waals surface area contributed by atoms with Gasteiger partial charge in [-0.3, -0.25) is 0 Å². The molecule has 4 heteroatoms. The van der Waals surface area contributed by atoms with Crippen LogP contribution in [0.2, 0.25) is 0 Å². The lowest BCUT2D eigenvalue weighted by atomic mass is 9.88. The molecule has 0 aliphatic heterocycles. The topological polar surface area (TPSA) is 24.9 Å². The van der Waals surface area contributed by atoms with E-state index in [0.717, 1.165) is 23.7 Å². The molecule has 1 aliphatic rings. The number of hydrogen-bond donors (Lipinski definition) is 1. The molecule has 1 aromatic carbocycles. The second-order valence-corrected chi connectivity index (χ2v) is 7.52. The molecule has 0 saturated heterocycles. The maximum absolute atomic E-state index is 4.75. The summed E-state index contributed by atoms with van der Waals surface area (Å²) in [4.78, 5) is 6.01. The molecule has 3 aromatic rings. The van der Waals surface area contributed by atoms with E-state index < -0.39 is 0 Å². The molecule has 112 valence electrons. The van der Waals surface area contributed by atoms with Gasteiger partial charge in [-0.15, -0.1) is 22.7 Å². The van der Waals surface area contributed by atoms with Gasteiger partial charge >= 0.3 is 0 Å². The number of thiophene rings is 1. The first-order valence-corrected chi connectivity index (χ1v) is 9.43. The van der Waals surface area contributed by atoms with Crippen LogP contribution in [0, 0.1) is 0 Å². The van der Waals surface area contributed by atoms with Gasteiger partial charge in [0.25, 0.3) is 0 Å². The number of aromatic nitrogens is 1. The lowest BCUT2D eigenvalue weighted by molar-refractivity contribution is 0.455. The zero-order valence-electron chi connectivity index (χ0n) is 12.3. The molecule has 2 nitrogen and oxygen atoms in total. The number of hydrogen-bond acceptors (Lipinski definition) is 4. The number of thiazole rings is 1. The first-order valence-electron chi connectivity index (χ1n) is 7.67. The summed E-state index contributed by atoms with van der Waals surface area (Å²) in [5, 5.41) is 9.11. The normalized spacial score (nSPS) is 17.4. The molecule has 0 amide bonds. The minimum Gasteiger partial charge on any atom is -0.308 e. The highest BCUT2D eigenvalue weighted by Gasteiger charge is 2.18. The van der Waals surface area contributed by atoms with Crippen LogP contribution in [0.3, 0.4) is 0 Å². The lowest BCUT2D eigenvalue weighted by Crippen LogP contribution is -2.34. The Kier molecular flexibility index (Phi) is 4.06. The van der Waals surface area contributed by atoms with Crippen molar-refractivity contribution in [1.29, 1.82) is 0 Å². The van der Waals surface area contributed by atoms with Crippen molar-refractivity contribution >= 4 is 22.7 Å². The van der Waals surface area contributed by atoms with Crippen LogP contribution in [0.4, 0.5) is 0 Å². The molecule has 0 fully saturated rings. The highest BCUT2D eigenvalue weighted by Crippen LogP contribution is 2.28. The summed E-state index contributed by atoms with van der Waals surface area (Å²) in [7, 11) is 0. The third kappa shape index (κ3) is 3.00. The first kappa shape index (κ1) is 14.1. The van der Waals surface area contributed by atoms with Gasteiger partial charge in [-0.1, -0.05) is 30.3 Å². The van der Waals surface area contributed by atoms with Crippen molar-refractivity contribution in [2.45, 2.75) is 31.8 Å². The summed E-state index contributed by atoms with van der Waals surface area (Å²) in [5.74, 6) is 0. The second-order valence-electron chi connectivity index (χ2n) is 5.71. The van der Waals surface area contributed by atoms with Crippen LogP contribution < -0.4 is 5.32 Å². The van der Waals surface area contributed by atoms with Gasteiger partial charge in [0.1, 0.15) is 5.01 Å². The number of fused-ring (bicyclic) bond motifs is 1. The van der Waals surface area contributed by atoms with Crippen LogP contribution in [-0.2, 0) is 19.4 Å². The van der Waals surface area contributed by atoms with Crippen molar-refractivity contribution < 1.29 is 0 Å². The van der Waals surface area contributed by atoms with Gasteiger partial charge in [0.05, 0.1) is 10.6 Å². The summed E-state index contributed by atoms with van der Waals surface area (Å²) in [6.07, 6.45) is 3.54. The van der Waals surface area contributed by atoms with E-state index in [1.165, 1.54) is 28.8 Å². The molecule has 0 radical (unpaired) electrons.